The van der Waals surface area contributed by atoms with Crippen LogP contribution in [-0.2, 0) is 17.4 Å². The van der Waals surface area contributed by atoms with Crippen LogP contribution in [0, 0.1) is 5.82 Å². The molecule has 1 saturated carbocycles. The van der Waals surface area contributed by atoms with Crippen LogP contribution in [0.2, 0.25) is 0 Å². The van der Waals surface area contributed by atoms with Gasteiger partial charge in [0.2, 0.25) is 5.95 Å². The fourth-order valence-electron chi connectivity index (χ4n) is 4.11. The Morgan fingerprint density at radius 1 is 1.11 bits per heavy atom. The molecule has 2 aromatic rings. The number of carbonyl (C=O) groups is 2. The summed E-state index contributed by atoms with van der Waals surface area (Å²) in [5, 5.41) is 8.38. The van der Waals surface area contributed by atoms with Gasteiger partial charge in [-0.25, -0.2) is 14.4 Å². The standard InChI is InChI=1S/C23H23F4N5O2S/c24-19-13(2-1-3-17(19)23(25,26)27)8-10-28-14-4-6-15(7-5-14)30-21-29-11-9-16(31-21)12-18-20(33)32-22(34)35-18/h1-3,9,11-12,14-15,28H,4-8,10H2,(H,29,30,31)(H,32,33,34)/b18-12-/t14-,15-. The van der Waals surface area contributed by atoms with E-state index in [4.69, 9.17) is 0 Å². The van der Waals surface area contributed by atoms with Crippen LogP contribution in [-0.4, -0.2) is 39.7 Å². The molecule has 1 aliphatic carbocycles. The summed E-state index contributed by atoms with van der Waals surface area (Å²) in [5.74, 6) is -1.23. The van der Waals surface area contributed by atoms with Crippen molar-refractivity contribution in [3.63, 3.8) is 0 Å². The van der Waals surface area contributed by atoms with E-state index in [1.165, 1.54) is 18.2 Å². The molecule has 2 fully saturated rings. The number of carbonyl (C=O) groups excluding carboxylic acids is 2. The number of thioether (sulfide) groups is 1. The van der Waals surface area contributed by atoms with E-state index in [-0.39, 0.29) is 29.0 Å². The molecule has 0 radical (unpaired) electrons. The Balaban J connectivity index is 1.24. The SMILES string of the molecule is O=C1NC(=O)/C(=C/c2ccnc(N[C@H]3CC[C@H](NCCc4cccc(C(F)(F)F)c4F)CC3)n2)S1. The zero-order valence-corrected chi connectivity index (χ0v) is 19.3. The first-order chi connectivity index (χ1) is 16.7. The molecule has 2 aliphatic rings. The van der Waals surface area contributed by atoms with E-state index in [0.717, 1.165) is 43.5 Å². The van der Waals surface area contributed by atoms with Gasteiger partial charge in [-0.1, -0.05) is 12.1 Å². The van der Waals surface area contributed by atoms with Gasteiger partial charge < -0.3 is 10.6 Å². The third-order valence-electron chi connectivity index (χ3n) is 5.87. The van der Waals surface area contributed by atoms with Crippen LogP contribution in [0.5, 0.6) is 0 Å². The predicted octanol–water partition coefficient (Wildman–Crippen LogP) is 4.51. The lowest BCUT2D eigenvalue weighted by Crippen LogP contribution is -2.38. The summed E-state index contributed by atoms with van der Waals surface area (Å²) in [6, 6.07) is 5.33. The van der Waals surface area contributed by atoms with Crippen LogP contribution in [0.15, 0.2) is 35.4 Å². The number of nitrogens with one attached hydrogen (secondary N) is 3. The molecule has 0 atom stereocenters. The summed E-state index contributed by atoms with van der Waals surface area (Å²) >= 11 is 0.821. The molecule has 186 valence electrons. The largest absolute Gasteiger partial charge is 0.419 e. The Kier molecular flexibility index (Phi) is 7.70. The van der Waals surface area contributed by atoms with Crippen molar-refractivity contribution in [2.75, 3.05) is 11.9 Å². The number of halogens is 4. The molecular weight excluding hydrogens is 486 g/mol. The predicted molar refractivity (Wildman–Crippen MR) is 124 cm³/mol. The van der Waals surface area contributed by atoms with Gasteiger partial charge in [0.1, 0.15) is 5.82 Å². The molecule has 0 unspecified atom stereocenters. The smallest absolute Gasteiger partial charge is 0.351 e. The van der Waals surface area contributed by atoms with E-state index in [2.05, 4.69) is 25.9 Å². The lowest BCUT2D eigenvalue weighted by atomic mass is 9.91. The molecule has 7 nitrogen and oxygen atoms in total. The molecule has 1 aromatic heterocycles. The first kappa shape index (κ1) is 25.1. The normalized spacial score (nSPS) is 21.9. The zero-order valence-electron chi connectivity index (χ0n) is 18.5. The number of alkyl halides is 3. The minimum Gasteiger partial charge on any atom is -0.351 e. The monoisotopic (exact) mass is 509 g/mol. The van der Waals surface area contributed by atoms with Gasteiger partial charge in [0, 0.05) is 18.3 Å². The first-order valence-electron chi connectivity index (χ1n) is 11.1. The van der Waals surface area contributed by atoms with Crippen LogP contribution < -0.4 is 16.0 Å². The quantitative estimate of drug-likeness (QED) is 0.373. The van der Waals surface area contributed by atoms with Crippen LogP contribution in [0.1, 0.15) is 42.5 Å². The maximum absolute atomic E-state index is 14.2. The minimum atomic E-state index is -4.71. The molecule has 0 bridgehead atoms. The van der Waals surface area contributed by atoms with Gasteiger partial charge in [0.15, 0.2) is 0 Å². The van der Waals surface area contributed by atoms with Gasteiger partial charge >= 0.3 is 6.18 Å². The van der Waals surface area contributed by atoms with Crippen molar-refractivity contribution in [3.05, 3.63) is 58.0 Å². The molecular formula is C23H23F4N5O2S. The van der Waals surface area contributed by atoms with E-state index in [1.807, 2.05) is 0 Å². The molecule has 4 rings (SSSR count). The lowest BCUT2D eigenvalue weighted by molar-refractivity contribution is -0.140. The Hall–Kier alpha value is -2.99. The molecule has 35 heavy (non-hydrogen) atoms. The Morgan fingerprint density at radius 2 is 1.86 bits per heavy atom. The maximum atomic E-state index is 14.2. The summed E-state index contributed by atoms with van der Waals surface area (Å²) < 4.78 is 52.8. The number of amides is 2. The minimum absolute atomic E-state index is 0.0486. The molecule has 0 spiro atoms. The average molecular weight is 510 g/mol. The second-order valence-corrected chi connectivity index (χ2v) is 9.35. The highest BCUT2D eigenvalue weighted by Crippen LogP contribution is 2.32. The van der Waals surface area contributed by atoms with Crippen LogP contribution >= 0.6 is 11.8 Å². The maximum Gasteiger partial charge on any atom is 0.419 e. The molecule has 2 heterocycles. The zero-order chi connectivity index (χ0) is 25.0. The lowest BCUT2D eigenvalue weighted by Gasteiger charge is -2.30. The van der Waals surface area contributed by atoms with Gasteiger partial charge in [0.05, 0.1) is 16.2 Å². The van der Waals surface area contributed by atoms with E-state index in [9.17, 15) is 27.2 Å². The van der Waals surface area contributed by atoms with E-state index < -0.39 is 28.7 Å². The van der Waals surface area contributed by atoms with Crippen molar-refractivity contribution < 1.29 is 27.2 Å². The van der Waals surface area contributed by atoms with E-state index in [1.54, 1.807) is 12.3 Å². The van der Waals surface area contributed by atoms with Crippen molar-refractivity contribution in [2.45, 2.75) is 50.4 Å². The van der Waals surface area contributed by atoms with Crippen LogP contribution in [0.3, 0.4) is 0 Å². The second kappa shape index (κ2) is 10.7. The Bertz CT molecular complexity index is 1130. The topological polar surface area (TPSA) is 96.0 Å². The number of benzene rings is 1. The number of aromatic nitrogens is 2. The third-order valence-corrected chi connectivity index (χ3v) is 6.68. The third kappa shape index (κ3) is 6.57. The van der Waals surface area contributed by atoms with Crippen molar-refractivity contribution in [2.24, 2.45) is 0 Å². The van der Waals surface area contributed by atoms with E-state index >= 15 is 0 Å². The molecule has 1 aliphatic heterocycles. The van der Waals surface area contributed by atoms with Crippen LogP contribution in [0.25, 0.3) is 6.08 Å². The molecule has 2 amide bonds. The summed E-state index contributed by atoms with van der Waals surface area (Å²) in [4.78, 5) is 31.9. The van der Waals surface area contributed by atoms with Gasteiger partial charge in [-0.15, -0.1) is 0 Å². The van der Waals surface area contributed by atoms with Gasteiger partial charge in [-0.05, 0) is 74.2 Å². The molecule has 1 saturated heterocycles. The van der Waals surface area contributed by atoms with Crippen molar-refractivity contribution >= 4 is 34.9 Å². The van der Waals surface area contributed by atoms with Gasteiger partial charge in [-0.3, -0.25) is 14.9 Å². The van der Waals surface area contributed by atoms with Crippen molar-refractivity contribution in [1.82, 2.24) is 20.6 Å². The van der Waals surface area contributed by atoms with Gasteiger partial charge in [0.25, 0.3) is 11.1 Å². The highest BCUT2D eigenvalue weighted by atomic mass is 32.2. The number of imide groups is 1. The number of hydrogen-bond donors (Lipinski definition) is 3. The summed E-state index contributed by atoms with van der Waals surface area (Å²) in [6.07, 6.45) is 1.91. The number of hydrogen-bond acceptors (Lipinski definition) is 7. The highest BCUT2D eigenvalue weighted by molar-refractivity contribution is 8.18. The fraction of sp³-hybridized carbons (Fsp3) is 0.391. The Labute approximate surface area is 203 Å². The summed E-state index contributed by atoms with van der Waals surface area (Å²) in [7, 11) is 0. The fourth-order valence-corrected chi connectivity index (χ4v) is 4.77. The second-order valence-electron chi connectivity index (χ2n) is 8.33. The highest BCUT2D eigenvalue weighted by Gasteiger charge is 2.34. The molecule has 12 heteroatoms. The number of rotatable bonds is 7. The van der Waals surface area contributed by atoms with Crippen molar-refractivity contribution in [1.29, 1.82) is 0 Å². The molecule has 1 aromatic carbocycles. The first-order valence-corrected chi connectivity index (χ1v) is 11.9. The average Bonchev–Trinajstić information content (AvgIpc) is 3.12. The summed E-state index contributed by atoms with van der Waals surface area (Å²) in [6.45, 7) is 0.384. The number of anilines is 1. The van der Waals surface area contributed by atoms with Crippen LogP contribution in [0.4, 0.5) is 28.3 Å². The Morgan fingerprint density at radius 3 is 2.54 bits per heavy atom. The summed E-state index contributed by atoms with van der Waals surface area (Å²) in [5.41, 5.74) is -0.678. The number of nitrogens with zero attached hydrogens (tertiary/aromatic N) is 2. The van der Waals surface area contributed by atoms with Gasteiger partial charge in [-0.2, -0.15) is 13.2 Å². The van der Waals surface area contributed by atoms with E-state index in [0.29, 0.717) is 18.2 Å². The van der Waals surface area contributed by atoms with Crippen molar-refractivity contribution in [3.8, 4) is 0 Å². The molecule has 3 N–H and O–H groups in total.